The summed E-state index contributed by atoms with van der Waals surface area (Å²) in [6.45, 7) is 0.753. The summed E-state index contributed by atoms with van der Waals surface area (Å²) in [5.74, 6) is 0. The van der Waals surface area contributed by atoms with E-state index in [1.165, 1.54) is 0 Å². The molecular weight excluding hydrogens is 281 g/mol. The molecule has 5 N–H and O–H groups in total. The lowest BCUT2D eigenvalue weighted by Gasteiger charge is -2.18. The second kappa shape index (κ2) is 9.14. The third kappa shape index (κ3) is 7.63. The molecule has 0 saturated carbocycles. The van der Waals surface area contributed by atoms with Gasteiger partial charge < -0.3 is 10.8 Å². The molecule has 0 aromatic rings. The molecule has 0 heterocycles. The van der Waals surface area contributed by atoms with Crippen LogP contribution in [0.5, 0.6) is 0 Å². The van der Waals surface area contributed by atoms with Gasteiger partial charge in [0.05, 0.1) is 0 Å². The molecule has 80 valence electrons. The quantitative estimate of drug-likeness (QED) is 0.226. The molecule has 0 aromatic carbocycles. The van der Waals surface area contributed by atoms with Crippen molar-refractivity contribution in [1.82, 2.24) is 8.85 Å². The SMILES string of the molecule is CNC(O)CC(CCCCN)NI. The maximum absolute atomic E-state index is 9.34. The maximum atomic E-state index is 9.34. The fourth-order valence-electron chi connectivity index (χ4n) is 1.14. The van der Waals surface area contributed by atoms with E-state index in [1.807, 2.05) is 0 Å². The highest BCUT2D eigenvalue weighted by molar-refractivity contribution is 14.1. The Balaban J connectivity index is 3.50. The van der Waals surface area contributed by atoms with Crippen LogP contribution in [0.2, 0.25) is 0 Å². The van der Waals surface area contributed by atoms with Crippen molar-refractivity contribution in [1.29, 1.82) is 0 Å². The first-order valence-corrected chi connectivity index (χ1v) is 5.74. The number of aliphatic hydroxyl groups is 1. The van der Waals surface area contributed by atoms with Crippen LogP contribution in [-0.2, 0) is 0 Å². The van der Waals surface area contributed by atoms with Crippen LogP contribution >= 0.6 is 22.9 Å². The Morgan fingerprint density at radius 3 is 2.62 bits per heavy atom. The number of unbranched alkanes of at least 4 members (excludes halogenated alkanes) is 1. The summed E-state index contributed by atoms with van der Waals surface area (Å²) >= 11 is 2.13. The van der Waals surface area contributed by atoms with Gasteiger partial charge in [0.25, 0.3) is 0 Å². The predicted octanol–water partition coefficient (Wildman–Crippen LogP) is 0.351. The number of halogens is 1. The van der Waals surface area contributed by atoms with Gasteiger partial charge in [-0.25, -0.2) is 0 Å². The zero-order valence-electron chi connectivity index (χ0n) is 8.09. The van der Waals surface area contributed by atoms with Crippen LogP contribution in [0.15, 0.2) is 0 Å². The van der Waals surface area contributed by atoms with Crippen LogP contribution in [0.3, 0.4) is 0 Å². The van der Waals surface area contributed by atoms with E-state index >= 15 is 0 Å². The second-order valence-corrected chi connectivity index (χ2v) is 3.75. The summed E-state index contributed by atoms with van der Waals surface area (Å²) in [7, 11) is 1.76. The molecule has 2 atom stereocenters. The Hall–Kier alpha value is 0.570. The summed E-state index contributed by atoms with van der Waals surface area (Å²) < 4.78 is 3.16. The molecule has 0 aliphatic carbocycles. The largest absolute Gasteiger partial charge is 0.379 e. The molecule has 0 aliphatic rings. The average Bonchev–Trinajstić information content (AvgIpc) is 2.16. The highest BCUT2D eigenvalue weighted by Crippen LogP contribution is 2.07. The summed E-state index contributed by atoms with van der Waals surface area (Å²) in [6, 6.07) is 0.370. The average molecular weight is 301 g/mol. The van der Waals surface area contributed by atoms with E-state index in [0.29, 0.717) is 6.04 Å². The van der Waals surface area contributed by atoms with Crippen LogP contribution in [-0.4, -0.2) is 31.0 Å². The van der Waals surface area contributed by atoms with Crippen molar-refractivity contribution >= 4 is 22.9 Å². The lowest BCUT2D eigenvalue weighted by Crippen LogP contribution is -2.33. The van der Waals surface area contributed by atoms with Gasteiger partial charge in [0.2, 0.25) is 0 Å². The van der Waals surface area contributed by atoms with Gasteiger partial charge in [-0.05, 0) is 26.4 Å². The van der Waals surface area contributed by atoms with Gasteiger partial charge in [0, 0.05) is 35.3 Å². The van der Waals surface area contributed by atoms with E-state index in [4.69, 9.17) is 5.73 Å². The zero-order valence-corrected chi connectivity index (χ0v) is 10.3. The standard InChI is InChI=1S/C8H20IN3O/c1-11-8(13)6-7(12-9)4-2-3-5-10/h7-8,11-13H,2-6,10H2,1H3. The second-order valence-electron chi connectivity index (χ2n) is 3.13. The van der Waals surface area contributed by atoms with Crippen LogP contribution in [0.4, 0.5) is 0 Å². The van der Waals surface area contributed by atoms with Gasteiger partial charge in [-0.2, -0.15) is 0 Å². The molecule has 5 heteroatoms. The lowest BCUT2D eigenvalue weighted by molar-refractivity contribution is 0.126. The Kier molecular flexibility index (Phi) is 9.54. The van der Waals surface area contributed by atoms with Crippen molar-refractivity contribution in [3.8, 4) is 0 Å². The minimum Gasteiger partial charge on any atom is -0.379 e. The van der Waals surface area contributed by atoms with E-state index in [0.717, 1.165) is 32.2 Å². The Bertz CT molecular complexity index is 116. The van der Waals surface area contributed by atoms with Crippen molar-refractivity contribution in [3.05, 3.63) is 0 Å². The maximum Gasteiger partial charge on any atom is 0.106 e. The van der Waals surface area contributed by atoms with E-state index in [2.05, 4.69) is 31.7 Å². The molecule has 4 nitrogen and oxygen atoms in total. The Morgan fingerprint density at radius 1 is 1.46 bits per heavy atom. The zero-order chi connectivity index (χ0) is 10.1. The number of hydrogen-bond donors (Lipinski definition) is 4. The molecular formula is C8H20IN3O. The van der Waals surface area contributed by atoms with Crippen LogP contribution in [0.1, 0.15) is 25.7 Å². The summed E-state index contributed by atoms with van der Waals surface area (Å²) in [5.41, 5.74) is 5.40. The number of nitrogens with two attached hydrogens (primary N) is 1. The molecule has 2 unspecified atom stereocenters. The van der Waals surface area contributed by atoms with Crippen molar-refractivity contribution < 1.29 is 5.11 Å². The molecule has 0 saturated heterocycles. The molecule has 0 amide bonds. The van der Waals surface area contributed by atoms with Gasteiger partial charge in [0.1, 0.15) is 6.23 Å². The van der Waals surface area contributed by atoms with Gasteiger partial charge in [0.15, 0.2) is 0 Å². The number of hydrogen-bond acceptors (Lipinski definition) is 4. The topological polar surface area (TPSA) is 70.3 Å². The van der Waals surface area contributed by atoms with Gasteiger partial charge >= 0.3 is 0 Å². The number of aliphatic hydroxyl groups excluding tert-OH is 1. The van der Waals surface area contributed by atoms with Gasteiger partial charge in [-0.1, -0.05) is 6.42 Å². The van der Waals surface area contributed by atoms with Crippen molar-refractivity contribution in [2.24, 2.45) is 5.73 Å². The Morgan fingerprint density at radius 2 is 2.15 bits per heavy atom. The normalized spacial score (nSPS) is 15.7. The lowest BCUT2D eigenvalue weighted by atomic mass is 10.1. The first-order chi connectivity index (χ1) is 6.24. The van der Waals surface area contributed by atoms with Crippen molar-refractivity contribution in [2.45, 2.75) is 38.0 Å². The first-order valence-electron chi connectivity index (χ1n) is 4.66. The minimum absolute atomic E-state index is 0.370. The number of nitrogens with one attached hydrogen (secondary N) is 2. The van der Waals surface area contributed by atoms with E-state index in [1.54, 1.807) is 7.05 Å². The van der Waals surface area contributed by atoms with E-state index in [-0.39, 0.29) is 0 Å². The monoisotopic (exact) mass is 301 g/mol. The molecule has 0 aliphatic heterocycles. The minimum atomic E-state index is -0.412. The third-order valence-corrected chi connectivity index (χ3v) is 2.88. The fourth-order valence-corrected chi connectivity index (χ4v) is 1.71. The summed E-state index contributed by atoms with van der Waals surface area (Å²) in [5, 5.41) is 12.1. The van der Waals surface area contributed by atoms with Gasteiger partial charge in [-0.15, -0.1) is 0 Å². The molecule has 13 heavy (non-hydrogen) atoms. The predicted molar refractivity (Wildman–Crippen MR) is 63.5 cm³/mol. The van der Waals surface area contributed by atoms with Crippen LogP contribution in [0.25, 0.3) is 0 Å². The summed E-state index contributed by atoms with van der Waals surface area (Å²) in [4.78, 5) is 0. The van der Waals surface area contributed by atoms with E-state index in [9.17, 15) is 5.11 Å². The Labute approximate surface area is 94.1 Å². The van der Waals surface area contributed by atoms with Crippen LogP contribution in [0, 0.1) is 0 Å². The fraction of sp³-hybridized carbons (Fsp3) is 1.00. The molecule has 0 spiro atoms. The molecule has 0 bridgehead atoms. The highest BCUT2D eigenvalue weighted by atomic mass is 127. The summed E-state index contributed by atoms with van der Waals surface area (Å²) in [6.07, 6.45) is 3.58. The van der Waals surface area contributed by atoms with Crippen molar-refractivity contribution in [3.63, 3.8) is 0 Å². The molecule has 0 fully saturated rings. The first kappa shape index (κ1) is 13.6. The molecule has 0 radical (unpaired) electrons. The molecule has 0 aromatic heterocycles. The third-order valence-electron chi connectivity index (χ3n) is 2.00. The van der Waals surface area contributed by atoms with E-state index < -0.39 is 6.23 Å². The number of rotatable bonds is 8. The molecule has 0 rings (SSSR count). The van der Waals surface area contributed by atoms with Gasteiger partial charge in [-0.3, -0.25) is 8.85 Å². The van der Waals surface area contributed by atoms with Crippen molar-refractivity contribution in [2.75, 3.05) is 13.6 Å². The smallest absolute Gasteiger partial charge is 0.106 e. The highest BCUT2D eigenvalue weighted by Gasteiger charge is 2.10. The van der Waals surface area contributed by atoms with Crippen LogP contribution < -0.4 is 14.6 Å².